The lowest BCUT2D eigenvalue weighted by atomic mass is 10.3. The second kappa shape index (κ2) is 3.85. The lowest BCUT2D eigenvalue weighted by Gasteiger charge is -1.93. The fourth-order valence-electron chi connectivity index (χ4n) is 1.62. The Balaban J connectivity index is 1.93. The quantitative estimate of drug-likeness (QED) is 0.667. The molecular weight excluding hydrogens is 232 g/mol. The topological polar surface area (TPSA) is 107 Å². The summed E-state index contributed by atoms with van der Waals surface area (Å²) in [6.07, 6.45) is 1.46. The van der Waals surface area contributed by atoms with Gasteiger partial charge in [0.15, 0.2) is 5.58 Å². The number of nitrogens with zero attached hydrogens (tertiary/aromatic N) is 5. The number of hydrogen-bond donors (Lipinski definition) is 1. The molecule has 0 saturated heterocycles. The molecule has 0 unspecified atom stereocenters. The Labute approximate surface area is 101 Å². The van der Waals surface area contributed by atoms with Gasteiger partial charge in [-0.3, -0.25) is 0 Å². The molecule has 88 valence electrons. The lowest BCUT2D eigenvalue weighted by Crippen LogP contribution is -2.00. The Morgan fingerprint density at radius 2 is 2.33 bits per heavy atom. The zero-order chi connectivity index (χ0) is 12.5. The zero-order valence-corrected chi connectivity index (χ0v) is 9.24. The zero-order valence-electron chi connectivity index (χ0n) is 9.24. The van der Waals surface area contributed by atoms with Gasteiger partial charge in [-0.15, -0.1) is 5.10 Å². The van der Waals surface area contributed by atoms with Crippen molar-refractivity contribution in [1.82, 2.24) is 19.7 Å². The minimum absolute atomic E-state index is 0.121. The van der Waals surface area contributed by atoms with Crippen molar-refractivity contribution in [3.05, 3.63) is 36.2 Å². The number of benzene rings is 1. The second-order valence-corrected chi connectivity index (χ2v) is 3.71. The maximum Gasteiger partial charge on any atom is 0.252 e. The molecule has 7 nitrogen and oxygen atoms in total. The van der Waals surface area contributed by atoms with Gasteiger partial charge < -0.3 is 10.2 Å². The fourth-order valence-corrected chi connectivity index (χ4v) is 1.62. The number of nitrogen functional groups attached to an aromatic ring is 1. The van der Waals surface area contributed by atoms with Crippen LogP contribution in [-0.4, -0.2) is 19.7 Å². The summed E-state index contributed by atoms with van der Waals surface area (Å²) in [5, 5.41) is 12.6. The van der Waals surface area contributed by atoms with Gasteiger partial charge in [0.05, 0.1) is 0 Å². The molecule has 0 amide bonds. The van der Waals surface area contributed by atoms with E-state index in [0.29, 0.717) is 23.7 Å². The van der Waals surface area contributed by atoms with Crippen LogP contribution < -0.4 is 5.73 Å². The Hall–Kier alpha value is -2.88. The summed E-state index contributed by atoms with van der Waals surface area (Å²) in [6.45, 7) is 0.323. The van der Waals surface area contributed by atoms with Crippen molar-refractivity contribution in [1.29, 1.82) is 5.26 Å². The number of fused-ring (bicyclic) bond motifs is 1. The monoisotopic (exact) mass is 240 g/mol. The van der Waals surface area contributed by atoms with Gasteiger partial charge in [-0.05, 0) is 12.1 Å². The molecule has 0 bridgehead atoms. The summed E-state index contributed by atoms with van der Waals surface area (Å²) in [6, 6.07) is 7.13. The first-order valence-electron chi connectivity index (χ1n) is 5.19. The Morgan fingerprint density at radius 1 is 1.44 bits per heavy atom. The molecule has 3 rings (SSSR count). The summed E-state index contributed by atoms with van der Waals surface area (Å²) in [5.74, 6) is 0.611. The Bertz CT molecular complexity index is 750. The molecular formula is C11H8N6O. The third-order valence-electron chi connectivity index (χ3n) is 2.39. The molecule has 3 aromatic rings. The first-order valence-corrected chi connectivity index (χ1v) is 5.19. The molecule has 0 aliphatic carbocycles. The van der Waals surface area contributed by atoms with E-state index in [1.54, 1.807) is 18.2 Å². The SMILES string of the molecule is N#Cc1ncn(Cc2nc3ccc(N)cc3o2)n1. The predicted molar refractivity (Wildman–Crippen MR) is 62.3 cm³/mol. The van der Waals surface area contributed by atoms with E-state index in [1.807, 2.05) is 6.07 Å². The van der Waals surface area contributed by atoms with Crippen LogP contribution in [0.5, 0.6) is 0 Å². The van der Waals surface area contributed by atoms with E-state index in [4.69, 9.17) is 15.4 Å². The van der Waals surface area contributed by atoms with E-state index in [1.165, 1.54) is 11.0 Å². The standard InChI is InChI=1S/C11H8N6O/c12-4-10-14-6-17(16-10)5-11-15-8-2-1-7(13)3-9(8)18-11/h1-3,6H,5,13H2. The predicted octanol–water partition coefficient (Wildman–Crippen LogP) is 0.921. The first kappa shape index (κ1) is 10.3. The summed E-state index contributed by atoms with van der Waals surface area (Å²) < 4.78 is 7.03. The van der Waals surface area contributed by atoms with Crippen LogP contribution in [0, 0.1) is 11.3 Å². The minimum atomic E-state index is 0.121. The van der Waals surface area contributed by atoms with Crippen LogP contribution in [0.1, 0.15) is 11.7 Å². The number of nitrogens with two attached hydrogens (primary N) is 1. The van der Waals surface area contributed by atoms with Crippen molar-refractivity contribution in [2.45, 2.75) is 6.54 Å². The molecule has 0 radical (unpaired) electrons. The number of aromatic nitrogens is 4. The molecule has 0 aliphatic heterocycles. The molecule has 2 aromatic heterocycles. The summed E-state index contributed by atoms with van der Waals surface area (Å²) in [5.41, 5.74) is 7.64. The summed E-state index contributed by atoms with van der Waals surface area (Å²) in [7, 11) is 0. The molecule has 0 atom stereocenters. The highest BCUT2D eigenvalue weighted by Crippen LogP contribution is 2.18. The smallest absolute Gasteiger partial charge is 0.252 e. The van der Waals surface area contributed by atoms with E-state index in [-0.39, 0.29) is 5.82 Å². The first-order chi connectivity index (χ1) is 8.74. The van der Waals surface area contributed by atoms with E-state index >= 15 is 0 Å². The number of hydrogen-bond acceptors (Lipinski definition) is 6. The van der Waals surface area contributed by atoms with Gasteiger partial charge in [-0.25, -0.2) is 14.6 Å². The van der Waals surface area contributed by atoms with Crippen molar-refractivity contribution in [2.75, 3.05) is 5.73 Å². The van der Waals surface area contributed by atoms with E-state index in [9.17, 15) is 0 Å². The van der Waals surface area contributed by atoms with Crippen LogP contribution in [0.4, 0.5) is 5.69 Å². The maximum atomic E-state index is 8.62. The van der Waals surface area contributed by atoms with Crippen molar-refractivity contribution in [3.8, 4) is 6.07 Å². The van der Waals surface area contributed by atoms with Crippen LogP contribution in [0.25, 0.3) is 11.1 Å². The summed E-state index contributed by atoms with van der Waals surface area (Å²) >= 11 is 0. The molecule has 0 spiro atoms. The van der Waals surface area contributed by atoms with E-state index in [0.717, 1.165) is 5.52 Å². The number of nitriles is 1. The van der Waals surface area contributed by atoms with Crippen molar-refractivity contribution in [3.63, 3.8) is 0 Å². The van der Waals surface area contributed by atoms with Gasteiger partial charge in [0.25, 0.3) is 5.82 Å². The molecule has 1 aromatic carbocycles. The van der Waals surface area contributed by atoms with Crippen LogP contribution in [0.2, 0.25) is 0 Å². The van der Waals surface area contributed by atoms with Gasteiger partial charge in [-0.1, -0.05) is 0 Å². The van der Waals surface area contributed by atoms with Gasteiger partial charge in [-0.2, -0.15) is 5.26 Å². The largest absolute Gasteiger partial charge is 0.439 e. The van der Waals surface area contributed by atoms with Crippen molar-refractivity contribution >= 4 is 16.8 Å². The number of rotatable bonds is 2. The van der Waals surface area contributed by atoms with Crippen LogP contribution in [0.3, 0.4) is 0 Å². The van der Waals surface area contributed by atoms with Gasteiger partial charge >= 0.3 is 0 Å². The van der Waals surface area contributed by atoms with Gasteiger partial charge in [0, 0.05) is 11.8 Å². The molecule has 0 saturated carbocycles. The highest BCUT2D eigenvalue weighted by molar-refractivity contribution is 5.76. The third kappa shape index (κ3) is 1.76. The Morgan fingerprint density at radius 3 is 3.11 bits per heavy atom. The van der Waals surface area contributed by atoms with Crippen molar-refractivity contribution in [2.24, 2.45) is 0 Å². The highest BCUT2D eigenvalue weighted by atomic mass is 16.3. The number of oxazole rings is 1. The van der Waals surface area contributed by atoms with Crippen LogP contribution >= 0.6 is 0 Å². The van der Waals surface area contributed by atoms with Crippen molar-refractivity contribution < 1.29 is 4.42 Å². The van der Waals surface area contributed by atoms with E-state index in [2.05, 4.69) is 15.1 Å². The Kier molecular flexibility index (Phi) is 2.20. The average molecular weight is 240 g/mol. The van der Waals surface area contributed by atoms with Gasteiger partial charge in [0.1, 0.15) is 24.5 Å². The molecule has 7 heteroatoms. The van der Waals surface area contributed by atoms with Gasteiger partial charge in [0.2, 0.25) is 5.89 Å². The van der Waals surface area contributed by atoms with E-state index < -0.39 is 0 Å². The molecule has 0 aliphatic rings. The molecule has 2 N–H and O–H groups in total. The normalized spacial score (nSPS) is 10.6. The average Bonchev–Trinajstić information content (AvgIpc) is 2.95. The highest BCUT2D eigenvalue weighted by Gasteiger charge is 2.08. The number of anilines is 1. The van der Waals surface area contributed by atoms with Crippen LogP contribution in [-0.2, 0) is 6.54 Å². The fraction of sp³-hybridized carbons (Fsp3) is 0.0909. The summed E-state index contributed by atoms with van der Waals surface area (Å²) in [4.78, 5) is 8.09. The molecule has 0 fully saturated rings. The van der Waals surface area contributed by atoms with Crippen LogP contribution in [0.15, 0.2) is 28.9 Å². The lowest BCUT2D eigenvalue weighted by molar-refractivity contribution is 0.491. The third-order valence-corrected chi connectivity index (χ3v) is 2.39. The molecule has 2 heterocycles. The molecule has 18 heavy (non-hydrogen) atoms. The minimum Gasteiger partial charge on any atom is -0.439 e. The maximum absolute atomic E-state index is 8.62. The second-order valence-electron chi connectivity index (χ2n) is 3.71.